The van der Waals surface area contributed by atoms with Crippen LogP contribution >= 0.6 is 0 Å². The lowest BCUT2D eigenvalue weighted by Gasteiger charge is -2.25. The van der Waals surface area contributed by atoms with Crippen molar-refractivity contribution in [1.82, 2.24) is 5.32 Å². The number of nitro groups is 1. The standard InChI is InChI=1S/C24H28N2O7/c1-5-33-20(27)14-19(15-8-12-18(13-9-15)26(31)32)21(23(29)30)25-22(28)16-6-10-17(11-7-16)24(2,3)4/h6-13,19,21H,5,14H2,1-4H3,(H,25,28)(H,29,30)/t19-,21+/m1/s1. The van der Waals surface area contributed by atoms with Crippen molar-refractivity contribution in [2.24, 2.45) is 0 Å². The van der Waals surface area contributed by atoms with Crippen LogP contribution in [0, 0.1) is 10.1 Å². The molecule has 2 atom stereocenters. The van der Waals surface area contributed by atoms with Gasteiger partial charge in [0.2, 0.25) is 0 Å². The Bertz CT molecular complexity index is 1010. The van der Waals surface area contributed by atoms with Crippen LogP contribution in [0.2, 0.25) is 0 Å². The summed E-state index contributed by atoms with van der Waals surface area (Å²) in [5.74, 6) is -3.60. The molecule has 0 radical (unpaired) electrons. The summed E-state index contributed by atoms with van der Waals surface area (Å²) in [6.07, 6.45) is -0.328. The van der Waals surface area contributed by atoms with Gasteiger partial charge in [0, 0.05) is 23.6 Å². The number of carbonyl (C=O) groups excluding carboxylic acids is 2. The first-order chi connectivity index (χ1) is 15.4. The summed E-state index contributed by atoms with van der Waals surface area (Å²) in [5.41, 5.74) is 1.35. The highest BCUT2D eigenvalue weighted by Gasteiger charge is 2.34. The number of carbonyl (C=O) groups is 3. The Balaban J connectivity index is 2.35. The number of ether oxygens (including phenoxy) is 1. The van der Waals surface area contributed by atoms with Crippen molar-refractivity contribution < 1.29 is 29.2 Å². The number of nitro benzene ring substituents is 1. The van der Waals surface area contributed by atoms with Gasteiger partial charge in [-0.1, -0.05) is 45.0 Å². The molecule has 0 aliphatic rings. The molecular weight excluding hydrogens is 428 g/mol. The summed E-state index contributed by atoms with van der Waals surface area (Å²) >= 11 is 0. The number of carboxylic acid groups (broad SMARTS) is 1. The molecule has 0 bridgehead atoms. The third kappa shape index (κ3) is 6.86. The van der Waals surface area contributed by atoms with E-state index in [0.29, 0.717) is 5.56 Å². The van der Waals surface area contributed by atoms with E-state index in [-0.39, 0.29) is 29.7 Å². The second-order valence-corrected chi connectivity index (χ2v) is 8.58. The maximum atomic E-state index is 12.8. The molecule has 0 heterocycles. The Morgan fingerprint density at radius 1 is 1.06 bits per heavy atom. The number of rotatable bonds is 9. The summed E-state index contributed by atoms with van der Waals surface area (Å²) in [7, 11) is 0. The van der Waals surface area contributed by atoms with Crippen LogP contribution in [0.3, 0.4) is 0 Å². The van der Waals surface area contributed by atoms with Crippen LogP contribution in [0.15, 0.2) is 48.5 Å². The highest BCUT2D eigenvalue weighted by atomic mass is 16.6. The second kappa shape index (κ2) is 10.7. The molecule has 0 saturated heterocycles. The summed E-state index contributed by atoms with van der Waals surface area (Å²) in [5, 5.41) is 23.3. The summed E-state index contributed by atoms with van der Waals surface area (Å²) in [4.78, 5) is 47.5. The van der Waals surface area contributed by atoms with Crippen LogP contribution in [0.1, 0.15) is 61.5 Å². The van der Waals surface area contributed by atoms with E-state index in [9.17, 15) is 29.6 Å². The highest BCUT2D eigenvalue weighted by molar-refractivity contribution is 5.97. The number of hydrogen-bond donors (Lipinski definition) is 2. The van der Waals surface area contributed by atoms with Crippen molar-refractivity contribution in [3.05, 3.63) is 75.3 Å². The zero-order valence-electron chi connectivity index (χ0n) is 19.0. The summed E-state index contributed by atoms with van der Waals surface area (Å²) < 4.78 is 4.97. The van der Waals surface area contributed by atoms with E-state index in [4.69, 9.17) is 4.74 Å². The molecule has 2 rings (SSSR count). The van der Waals surface area contributed by atoms with Gasteiger partial charge in [0.15, 0.2) is 0 Å². The maximum Gasteiger partial charge on any atom is 0.326 e. The lowest BCUT2D eigenvalue weighted by atomic mass is 9.86. The third-order valence-electron chi connectivity index (χ3n) is 5.19. The lowest BCUT2D eigenvalue weighted by molar-refractivity contribution is -0.384. The van der Waals surface area contributed by atoms with E-state index in [0.717, 1.165) is 5.56 Å². The van der Waals surface area contributed by atoms with E-state index in [2.05, 4.69) is 5.32 Å². The quantitative estimate of drug-likeness (QED) is 0.333. The number of nitrogens with one attached hydrogen (secondary N) is 1. The van der Waals surface area contributed by atoms with E-state index in [1.807, 2.05) is 20.8 Å². The molecule has 0 spiro atoms. The SMILES string of the molecule is CCOC(=O)C[C@H](c1ccc([N+](=O)[O-])cc1)[C@H](NC(=O)c1ccc(C(C)(C)C)cc1)C(=O)O. The van der Waals surface area contributed by atoms with Crippen LogP contribution < -0.4 is 5.32 Å². The molecule has 33 heavy (non-hydrogen) atoms. The van der Waals surface area contributed by atoms with E-state index >= 15 is 0 Å². The minimum atomic E-state index is -1.47. The first-order valence-electron chi connectivity index (χ1n) is 10.5. The predicted molar refractivity (Wildman–Crippen MR) is 121 cm³/mol. The fourth-order valence-electron chi connectivity index (χ4n) is 3.35. The first kappa shape index (κ1) is 25.5. The van der Waals surface area contributed by atoms with Crippen molar-refractivity contribution in [2.45, 2.75) is 51.5 Å². The molecule has 0 saturated carbocycles. The molecule has 0 fully saturated rings. The largest absolute Gasteiger partial charge is 0.480 e. The normalized spacial score (nSPS) is 13.0. The maximum absolute atomic E-state index is 12.8. The van der Waals surface area contributed by atoms with Crippen molar-refractivity contribution >= 4 is 23.5 Å². The van der Waals surface area contributed by atoms with Crippen LogP contribution in [-0.4, -0.2) is 40.5 Å². The average molecular weight is 456 g/mol. The minimum Gasteiger partial charge on any atom is -0.480 e. The van der Waals surface area contributed by atoms with Crippen LogP contribution in [0.4, 0.5) is 5.69 Å². The Morgan fingerprint density at radius 2 is 1.64 bits per heavy atom. The Labute approximate surface area is 191 Å². The monoisotopic (exact) mass is 456 g/mol. The molecule has 9 heteroatoms. The molecule has 0 aromatic heterocycles. The van der Waals surface area contributed by atoms with Gasteiger partial charge in [0.05, 0.1) is 18.0 Å². The van der Waals surface area contributed by atoms with E-state index < -0.39 is 34.7 Å². The number of nitrogens with zero attached hydrogens (tertiary/aromatic N) is 1. The molecule has 0 unspecified atom stereocenters. The van der Waals surface area contributed by atoms with Gasteiger partial charge in [-0.05, 0) is 35.6 Å². The fraction of sp³-hybridized carbons (Fsp3) is 0.375. The number of amides is 1. The smallest absolute Gasteiger partial charge is 0.326 e. The number of aliphatic carboxylic acids is 1. The zero-order chi connectivity index (χ0) is 24.8. The van der Waals surface area contributed by atoms with E-state index in [1.54, 1.807) is 31.2 Å². The number of non-ortho nitro benzene ring substituents is 1. The Hall–Kier alpha value is -3.75. The Kier molecular flexibility index (Phi) is 8.28. The molecule has 2 aromatic carbocycles. The molecule has 1 amide bonds. The summed E-state index contributed by atoms with van der Waals surface area (Å²) in [6, 6.07) is 10.6. The zero-order valence-corrected chi connectivity index (χ0v) is 19.0. The van der Waals surface area contributed by atoms with Gasteiger partial charge < -0.3 is 15.2 Å². The highest BCUT2D eigenvalue weighted by Crippen LogP contribution is 2.27. The number of benzene rings is 2. The molecule has 176 valence electrons. The van der Waals surface area contributed by atoms with Crippen LogP contribution in [0.5, 0.6) is 0 Å². The van der Waals surface area contributed by atoms with Gasteiger partial charge in [-0.2, -0.15) is 0 Å². The van der Waals surface area contributed by atoms with Crippen molar-refractivity contribution in [3.63, 3.8) is 0 Å². The van der Waals surface area contributed by atoms with Gasteiger partial charge in [-0.25, -0.2) is 4.79 Å². The van der Waals surface area contributed by atoms with Crippen molar-refractivity contribution in [3.8, 4) is 0 Å². The molecule has 0 aliphatic heterocycles. The topological polar surface area (TPSA) is 136 Å². The predicted octanol–water partition coefficient (Wildman–Crippen LogP) is 3.81. The lowest BCUT2D eigenvalue weighted by Crippen LogP contribution is -2.45. The number of carboxylic acids is 1. The minimum absolute atomic E-state index is 0.107. The molecular formula is C24H28N2O7. The molecule has 2 aromatic rings. The van der Waals surface area contributed by atoms with Crippen molar-refractivity contribution in [1.29, 1.82) is 0 Å². The van der Waals surface area contributed by atoms with Crippen molar-refractivity contribution in [2.75, 3.05) is 6.61 Å². The van der Waals surface area contributed by atoms with Crippen LogP contribution in [0.25, 0.3) is 0 Å². The number of esters is 1. The van der Waals surface area contributed by atoms with E-state index in [1.165, 1.54) is 24.3 Å². The van der Waals surface area contributed by atoms with Gasteiger partial charge in [0.1, 0.15) is 6.04 Å². The van der Waals surface area contributed by atoms with Gasteiger partial charge in [-0.3, -0.25) is 19.7 Å². The number of hydrogen-bond acceptors (Lipinski definition) is 6. The first-order valence-corrected chi connectivity index (χ1v) is 10.5. The van der Waals surface area contributed by atoms with Gasteiger partial charge in [-0.15, -0.1) is 0 Å². The molecule has 2 N–H and O–H groups in total. The second-order valence-electron chi connectivity index (χ2n) is 8.58. The Morgan fingerprint density at radius 3 is 2.09 bits per heavy atom. The van der Waals surface area contributed by atoms with Crippen LogP contribution in [-0.2, 0) is 19.7 Å². The third-order valence-corrected chi connectivity index (χ3v) is 5.19. The molecule has 0 aliphatic carbocycles. The van der Waals surface area contributed by atoms with Gasteiger partial charge in [0.25, 0.3) is 11.6 Å². The fourth-order valence-corrected chi connectivity index (χ4v) is 3.35. The van der Waals surface area contributed by atoms with Gasteiger partial charge >= 0.3 is 11.9 Å². The summed E-state index contributed by atoms with van der Waals surface area (Å²) in [6.45, 7) is 7.83. The molecule has 9 nitrogen and oxygen atoms in total. The average Bonchev–Trinajstić information content (AvgIpc) is 2.75.